The molecule has 3 aromatic heterocycles. The predicted molar refractivity (Wildman–Crippen MR) is 135 cm³/mol. The topological polar surface area (TPSA) is 88.1 Å². The van der Waals surface area contributed by atoms with Gasteiger partial charge in [-0.3, -0.25) is 4.57 Å². The van der Waals surface area contributed by atoms with Gasteiger partial charge >= 0.3 is 0 Å². The molecule has 3 N–H and O–H groups in total. The lowest BCUT2D eigenvalue weighted by molar-refractivity contribution is 0.313. The SMILES string of the molecule is CCCc1cc2cnc(Nc3ccc(N4CCN(C)CC4)cc3)nc2n1-c1cccc(N)n1. The molecule has 1 saturated heterocycles. The van der Waals surface area contributed by atoms with Crippen LogP contribution in [0.15, 0.2) is 54.7 Å². The monoisotopic (exact) mass is 442 g/mol. The summed E-state index contributed by atoms with van der Waals surface area (Å²) in [6.45, 7) is 6.46. The van der Waals surface area contributed by atoms with Crippen LogP contribution in [0.1, 0.15) is 19.0 Å². The number of aromatic nitrogens is 4. The highest BCUT2D eigenvalue weighted by Crippen LogP contribution is 2.26. The molecular weight excluding hydrogens is 412 g/mol. The average Bonchev–Trinajstić information content (AvgIpc) is 3.18. The highest BCUT2D eigenvalue weighted by molar-refractivity contribution is 5.80. The molecule has 8 heteroatoms. The minimum Gasteiger partial charge on any atom is -0.384 e. The van der Waals surface area contributed by atoms with Crippen LogP contribution in [0.4, 0.5) is 23.1 Å². The smallest absolute Gasteiger partial charge is 0.229 e. The molecule has 1 fully saturated rings. The minimum atomic E-state index is 0.490. The van der Waals surface area contributed by atoms with Crippen molar-refractivity contribution in [1.29, 1.82) is 0 Å². The summed E-state index contributed by atoms with van der Waals surface area (Å²) in [4.78, 5) is 18.7. The molecule has 0 bridgehead atoms. The fraction of sp³-hybridized carbons (Fsp3) is 0.320. The fourth-order valence-electron chi connectivity index (χ4n) is 4.31. The van der Waals surface area contributed by atoms with Crippen LogP contribution in [-0.4, -0.2) is 57.6 Å². The summed E-state index contributed by atoms with van der Waals surface area (Å²) in [7, 11) is 2.17. The summed E-state index contributed by atoms with van der Waals surface area (Å²) in [6, 6.07) is 16.3. The lowest BCUT2D eigenvalue weighted by Gasteiger charge is -2.34. The Balaban J connectivity index is 1.43. The first-order valence-electron chi connectivity index (χ1n) is 11.5. The number of fused-ring (bicyclic) bond motifs is 1. The molecule has 0 aliphatic carbocycles. The van der Waals surface area contributed by atoms with Gasteiger partial charge in [0, 0.05) is 54.8 Å². The van der Waals surface area contributed by atoms with Crippen molar-refractivity contribution in [3.8, 4) is 5.82 Å². The molecule has 4 aromatic rings. The third kappa shape index (κ3) is 4.47. The number of nitrogens with one attached hydrogen (secondary N) is 1. The van der Waals surface area contributed by atoms with Crippen LogP contribution in [0.2, 0.25) is 0 Å². The van der Waals surface area contributed by atoms with Crippen LogP contribution in [0.25, 0.3) is 16.9 Å². The van der Waals surface area contributed by atoms with Crippen molar-refractivity contribution in [2.75, 3.05) is 49.2 Å². The minimum absolute atomic E-state index is 0.490. The predicted octanol–water partition coefficient (Wildman–Crippen LogP) is 3.85. The summed E-state index contributed by atoms with van der Waals surface area (Å²) < 4.78 is 2.08. The van der Waals surface area contributed by atoms with Crippen molar-refractivity contribution < 1.29 is 0 Å². The van der Waals surface area contributed by atoms with E-state index in [2.05, 4.69) is 74.0 Å². The second-order valence-electron chi connectivity index (χ2n) is 8.58. The van der Waals surface area contributed by atoms with Crippen molar-refractivity contribution in [2.45, 2.75) is 19.8 Å². The Labute approximate surface area is 194 Å². The van der Waals surface area contributed by atoms with E-state index in [1.165, 1.54) is 5.69 Å². The number of nitrogens with zero attached hydrogens (tertiary/aromatic N) is 6. The van der Waals surface area contributed by atoms with Crippen molar-refractivity contribution in [3.05, 3.63) is 60.4 Å². The molecule has 0 amide bonds. The lowest BCUT2D eigenvalue weighted by Crippen LogP contribution is -2.44. The number of hydrogen-bond donors (Lipinski definition) is 2. The Morgan fingerprint density at radius 3 is 2.52 bits per heavy atom. The van der Waals surface area contributed by atoms with Gasteiger partial charge in [-0.05, 0) is 55.9 Å². The van der Waals surface area contributed by atoms with Crippen LogP contribution in [0.3, 0.4) is 0 Å². The molecule has 0 unspecified atom stereocenters. The number of piperazine rings is 1. The molecule has 1 aliphatic rings. The largest absolute Gasteiger partial charge is 0.384 e. The van der Waals surface area contributed by atoms with Crippen LogP contribution < -0.4 is 16.0 Å². The molecule has 8 nitrogen and oxygen atoms in total. The number of hydrogen-bond acceptors (Lipinski definition) is 7. The molecule has 4 heterocycles. The van der Waals surface area contributed by atoms with E-state index in [0.717, 1.165) is 67.3 Å². The van der Waals surface area contributed by atoms with Crippen LogP contribution in [-0.2, 0) is 6.42 Å². The molecular formula is C25H30N8. The van der Waals surface area contributed by atoms with Gasteiger partial charge in [0.25, 0.3) is 0 Å². The lowest BCUT2D eigenvalue weighted by atomic mass is 10.2. The molecule has 1 aliphatic heterocycles. The van der Waals surface area contributed by atoms with E-state index in [1.54, 1.807) is 6.07 Å². The first kappa shape index (κ1) is 21.2. The number of nitrogens with two attached hydrogens (primary N) is 1. The number of likely N-dealkylation sites (N-methyl/N-ethyl adjacent to an activating group) is 1. The molecule has 170 valence electrons. The van der Waals surface area contributed by atoms with Crippen molar-refractivity contribution in [1.82, 2.24) is 24.4 Å². The summed E-state index contributed by atoms with van der Waals surface area (Å²) >= 11 is 0. The second kappa shape index (κ2) is 9.07. The van der Waals surface area contributed by atoms with Gasteiger partial charge in [-0.2, -0.15) is 4.98 Å². The molecule has 1 aromatic carbocycles. The average molecular weight is 443 g/mol. The van der Waals surface area contributed by atoms with Crippen molar-refractivity contribution in [3.63, 3.8) is 0 Å². The third-order valence-electron chi connectivity index (χ3n) is 6.10. The van der Waals surface area contributed by atoms with E-state index >= 15 is 0 Å². The Morgan fingerprint density at radius 1 is 1.00 bits per heavy atom. The maximum atomic E-state index is 5.96. The maximum Gasteiger partial charge on any atom is 0.229 e. The zero-order chi connectivity index (χ0) is 22.8. The summed E-state index contributed by atoms with van der Waals surface area (Å²) in [5.41, 5.74) is 10.1. The number of nitrogen functional groups attached to an aromatic ring is 1. The third-order valence-corrected chi connectivity index (χ3v) is 6.10. The summed E-state index contributed by atoms with van der Waals surface area (Å²) in [5.74, 6) is 1.82. The van der Waals surface area contributed by atoms with Gasteiger partial charge in [0.1, 0.15) is 11.6 Å². The van der Waals surface area contributed by atoms with Crippen LogP contribution >= 0.6 is 0 Å². The number of benzene rings is 1. The first-order valence-corrected chi connectivity index (χ1v) is 11.5. The maximum absolute atomic E-state index is 5.96. The van der Waals surface area contributed by atoms with Gasteiger partial charge in [0.15, 0.2) is 5.65 Å². The Kier molecular flexibility index (Phi) is 5.83. The quantitative estimate of drug-likeness (QED) is 0.469. The second-order valence-corrected chi connectivity index (χ2v) is 8.58. The van der Waals surface area contributed by atoms with E-state index in [-0.39, 0.29) is 0 Å². The molecule has 0 spiro atoms. The molecule has 33 heavy (non-hydrogen) atoms. The van der Waals surface area contributed by atoms with E-state index < -0.39 is 0 Å². The number of pyridine rings is 1. The number of anilines is 4. The first-order chi connectivity index (χ1) is 16.1. The fourth-order valence-corrected chi connectivity index (χ4v) is 4.31. The van der Waals surface area contributed by atoms with E-state index in [0.29, 0.717) is 11.8 Å². The molecule has 5 rings (SSSR count). The Bertz CT molecular complexity index is 1240. The molecule has 0 atom stereocenters. The normalized spacial score (nSPS) is 14.7. The van der Waals surface area contributed by atoms with Crippen molar-refractivity contribution in [2.24, 2.45) is 0 Å². The van der Waals surface area contributed by atoms with E-state index in [4.69, 9.17) is 10.7 Å². The Hall–Kier alpha value is -3.65. The zero-order valence-electron chi connectivity index (χ0n) is 19.2. The van der Waals surface area contributed by atoms with Gasteiger partial charge < -0.3 is 20.9 Å². The van der Waals surface area contributed by atoms with Gasteiger partial charge in [0.2, 0.25) is 5.95 Å². The van der Waals surface area contributed by atoms with Gasteiger partial charge in [-0.1, -0.05) is 19.4 Å². The zero-order valence-corrected chi connectivity index (χ0v) is 19.2. The molecule has 0 radical (unpaired) electrons. The van der Waals surface area contributed by atoms with Crippen LogP contribution in [0.5, 0.6) is 0 Å². The Morgan fingerprint density at radius 2 is 1.79 bits per heavy atom. The van der Waals surface area contributed by atoms with Gasteiger partial charge in [0.05, 0.1) is 0 Å². The van der Waals surface area contributed by atoms with Crippen LogP contribution in [0, 0.1) is 0 Å². The van der Waals surface area contributed by atoms with Crippen molar-refractivity contribution >= 4 is 34.2 Å². The summed E-state index contributed by atoms with van der Waals surface area (Å²) in [6.07, 6.45) is 3.81. The molecule has 0 saturated carbocycles. The number of rotatable bonds is 6. The highest BCUT2D eigenvalue weighted by Gasteiger charge is 2.16. The van der Waals surface area contributed by atoms with E-state index in [1.807, 2.05) is 18.3 Å². The number of aryl methyl sites for hydroxylation is 1. The van der Waals surface area contributed by atoms with Gasteiger partial charge in [-0.25, -0.2) is 9.97 Å². The van der Waals surface area contributed by atoms with E-state index in [9.17, 15) is 0 Å². The van der Waals surface area contributed by atoms with Gasteiger partial charge in [-0.15, -0.1) is 0 Å². The standard InChI is InChI=1S/C25H30N8/c1-3-5-21-16-18-17-27-25(30-24(18)33(21)23-7-4-6-22(26)29-23)28-19-8-10-20(11-9-19)32-14-12-31(2)13-15-32/h4,6-11,16-17H,3,5,12-15H2,1-2H3,(H2,26,29)(H,27,28,30). The summed E-state index contributed by atoms with van der Waals surface area (Å²) in [5, 5.41) is 4.34. The highest BCUT2D eigenvalue weighted by atomic mass is 15.2.